The van der Waals surface area contributed by atoms with E-state index < -0.39 is 0 Å². The molecule has 0 N–H and O–H groups in total. The van der Waals surface area contributed by atoms with Crippen molar-refractivity contribution in [3.63, 3.8) is 0 Å². The highest BCUT2D eigenvalue weighted by molar-refractivity contribution is 9.10. The third-order valence-corrected chi connectivity index (χ3v) is 5.45. The van der Waals surface area contributed by atoms with E-state index in [4.69, 9.17) is 4.99 Å². The van der Waals surface area contributed by atoms with Crippen LogP contribution in [0.2, 0.25) is 0 Å². The van der Waals surface area contributed by atoms with Gasteiger partial charge in [0.25, 0.3) is 0 Å². The summed E-state index contributed by atoms with van der Waals surface area (Å²) in [5, 5.41) is 0.790. The predicted octanol–water partition coefficient (Wildman–Crippen LogP) is 5.48. The summed E-state index contributed by atoms with van der Waals surface area (Å²) in [4.78, 5) is 9.24. The Morgan fingerprint density at radius 1 is 1.08 bits per heavy atom. The minimum atomic E-state index is -0.297. The van der Waals surface area contributed by atoms with Gasteiger partial charge in [-0.1, -0.05) is 47.1 Å². The van der Waals surface area contributed by atoms with Crippen LogP contribution < -0.4 is 0 Å². The Balaban J connectivity index is 1.94. The zero-order chi connectivity index (χ0) is 16.8. The van der Waals surface area contributed by atoms with Gasteiger partial charge in [0.05, 0.1) is 11.8 Å². The van der Waals surface area contributed by atoms with Gasteiger partial charge < -0.3 is 0 Å². The smallest absolute Gasteiger partial charge is 0.149 e. The van der Waals surface area contributed by atoms with E-state index in [0.29, 0.717) is 11.4 Å². The molecule has 0 saturated carbocycles. The SMILES string of the molecule is C[C@@H]1N=C(c2cnc3c(F)cccc3c2)c2cccc(Br)c2[C@H]1C. The van der Waals surface area contributed by atoms with E-state index in [0.717, 1.165) is 26.7 Å². The summed E-state index contributed by atoms with van der Waals surface area (Å²) in [5.41, 5.74) is 4.64. The maximum atomic E-state index is 13.9. The van der Waals surface area contributed by atoms with Gasteiger partial charge in [0.15, 0.2) is 0 Å². The Labute approximate surface area is 148 Å². The standard InChI is InChI=1S/C20H16BrFN2/c1-11-12(2)24-19(15-6-4-7-16(21)18(11)15)14-9-13-5-3-8-17(22)20(13)23-10-14/h3-12H,1-2H3/t11-,12-/m0/s1. The molecule has 4 rings (SSSR count). The number of pyridine rings is 1. The lowest BCUT2D eigenvalue weighted by molar-refractivity contribution is 0.603. The molecule has 2 heterocycles. The Kier molecular flexibility index (Phi) is 3.72. The van der Waals surface area contributed by atoms with E-state index in [-0.39, 0.29) is 11.9 Å². The summed E-state index contributed by atoms with van der Waals surface area (Å²) < 4.78 is 15.0. The second-order valence-corrected chi connectivity index (χ2v) is 7.10. The molecule has 0 unspecified atom stereocenters. The molecule has 1 aliphatic heterocycles. The monoisotopic (exact) mass is 382 g/mol. The largest absolute Gasteiger partial charge is 0.280 e. The van der Waals surface area contributed by atoms with Gasteiger partial charge in [-0.15, -0.1) is 0 Å². The number of para-hydroxylation sites is 1. The van der Waals surface area contributed by atoms with Crippen molar-refractivity contribution >= 4 is 32.5 Å². The van der Waals surface area contributed by atoms with E-state index >= 15 is 0 Å². The van der Waals surface area contributed by atoms with Crippen molar-refractivity contribution in [2.75, 3.05) is 0 Å². The molecule has 3 aromatic rings. The Morgan fingerprint density at radius 3 is 2.71 bits per heavy atom. The first-order valence-electron chi connectivity index (χ1n) is 7.97. The third kappa shape index (κ3) is 2.37. The van der Waals surface area contributed by atoms with Crippen molar-refractivity contribution in [1.82, 2.24) is 4.98 Å². The van der Waals surface area contributed by atoms with E-state index in [1.165, 1.54) is 11.6 Å². The molecule has 0 amide bonds. The van der Waals surface area contributed by atoms with E-state index in [2.05, 4.69) is 46.9 Å². The Bertz CT molecular complexity index is 981. The van der Waals surface area contributed by atoms with E-state index in [1.807, 2.05) is 18.2 Å². The van der Waals surface area contributed by atoms with Crippen LogP contribution in [0.1, 0.15) is 36.5 Å². The molecule has 120 valence electrons. The van der Waals surface area contributed by atoms with Gasteiger partial charge in [-0.2, -0.15) is 0 Å². The van der Waals surface area contributed by atoms with Crippen molar-refractivity contribution in [3.05, 3.63) is 75.6 Å². The molecule has 0 saturated heterocycles. The second kappa shape index (κ2) is 5.78. The Morgan fingerprint density at radius 2 is 1.88 bits per heavy atom. The van der Waals surface area contributed by atoms with Gasteiger partial charge in [0.2, 0.25) is 0 Å². The van der Waals surface area contributed by atoms with Crippen molar-refractivity contribution in [2.45, 2.75) is 25.8 Å². The van der Waals surface area contributed by atoms with Crippen LogP contribution in [-0.2, 0) is 0 Å². The van der Waals surface area contributed by atoms with E-state index in [9.17, 15) is 4.39 Å². The van der Waals surface area contributed by atoms with Gasteiger partial charge >= 0.3 is 0 Å². The lowest BCUT2D eigenvalue weighted by atomic mass is 9.84. The zero-order valence-corrected chi connectivity index (χ0v) is 15.0. The highest BCUT2D eigenvalue weighted by atomic mass is 79.9. The maximum absolute atomic E-state index is 13.9. The molecule has 2 nitrogen and oxygen atoms in total. The first-order chi connectivity index (χ1) is 11.6. The number of hydrogen-bond acceptors (Lipinski definition) is 2. The van der Waals surface area contributed by atoms with Gasteiger partial charge in [-0.3, -0.25) is 9.98 Å². The van der Waals surface area contributed by atoms with Crippen molar-refractivity contribution in [3.8, 4) is 0 Å². The molecule has 0 bridgehead atoms. The fraction of sp³-hybridized carbons (Fsp3) is 0.200. The first kappa shape index (κ1) is 15.5. The predicted molar refractivity (Wildman–Crippen MR) is 99.4 cm³/mol. The fourth-order valence-electron chi connectivity index (χ4n) is 3.32. The number of fused-ring (bicyclic) bond motifs is 2. The lowest BCUT2D eigenvalue weighted by Gasteiger charge is -2.28. The van der Waals surface area contributed by atoms with Crippen LogP contribution in [0.15, 0.2) is 58.1 Å². The summed E-state index contributed by atoms with van der Waals surface area (Å²) in [6.07, 6.45) is 1.72. The summed E-state index contributed by atoms with van der Waals surface area (Å²) in [5.74, 6) is 0.0416. The van der Waals surface area contributed by atoms with E-state index in [1.54, 1.807) is 12.3 Å². The molecule has 0 radical (unpaired) electrons. The Hall–Kier alpha value is -2.07. The van der Waals surface area contributed by atoms with Gasteiger partial charge in [0, 0.05) is 33.1 Å². The third-order valence-electron chi connectivity index (χ3n) is 4.75. The first-order valence-corrected chi connectivity index (χ1v) is 8.77. The van der Waals surface area contributed by atoms with Crippen molar-refractivity contribution < 1.29 is 4.39 Å². The fourth-order valence-corrected chi connectivity index (χ4v) is 4.04. The minimum Gasteiger partial charge on any atom is -0.280 e. The lowest BCUT2D eigenvalue weighted by Crippen LogP contribution is -2.23. The molecule has 1 aliphatic rings. The molecule has 24 heavy (non-hydrogen) atoms. The molecule has 0 fully saturated rings. The number of aromatic nitrogens is 1. The van der Waals surface area contributed by atoms with Gasteiger partial charge in [0.1, 0.15) is 11.3 Å². The van der Waals surface area contributed by atoms with Crippen LogP contribution in [0.25, 0.3) is 10.9 Å². The average molecular weight is 383 g/mol. The van der Waals surface area contributed by atoms with Crippen LogP contribution >= 0.6 is 15.9 Å². The van der Waals surface area contributed by atoms with Crippen molar-refractivity contribution in [1.29, 1.82) is 0 Å². The zero-order valence-electron chi connectivity index (χ0n) is 13.4. The summed E-state index contributed by atoms with van der Waals surface area (Å²) >= 11 is 3.68. The summed E-state index contributed by atoms with van der Waals surface area (Å²) in [7, 11) is 0. The molecule has 0 spiro atoms. The number of benzene rings is 2. The summed E-state index contributed by atoms with van der Waals surface area (Å²) in [6.45, 7) is 4.32. The number of hydrogen-bond donors (Lipinski definition) is 0. The van der Waals surface area contributed by atoms with Gasteiger partial charge in [-0.25, -0.2) is 4.39 Å². The van der Waals surface area contributed by atoms with Crippen LogP contribution in [-0.4, -0.2) is 16.7 Å². The highest BCUT2D eigenvalue weighted by Crippen LogP contribution is 2.37. The summed E-state index contributed by atoms with van der Waals surface area (Å²) in [6, 6.07) is 13.4. The average Bonchev–Trinajstić information content (AvgIpc) is 2.58. The van der Waals surface area contributed by atoms with Crippen molar-refractivity contribution in [2.24, 2.45) is 4.99 Å². The van der Waals surface area contributed by atoms with Gasteiger partial charge in [-0.05, 0) is 30.7 Å². The molecular weight excluding hydrogens is 367 g/mol. The molecule has 0 aliphatic carbocycles. The molecule has 2 atom stereocenters. The number of nitrogens with zero attached hydrogens (tertiary/aromatic N) is 2. The molecule has 4 heteroatoms. The maximum Gasteiger partial charge on any atom is 0.149 e. The minimum absolute atomic E-state index is 0.175. The van der Waals surface area contributed by atoms with Crippen LogP contribution in [0.5, 0.6) is 0 Å². The number of rotatable bonds is 1. The van der Waals surface area contributed by atoms with Crippen LogP contribution in [0.4, 0.5) is 4.39 Å². The van der Waals surface area contributed by atoms with Crippen LogP contribution in [0.3, 0.4) is 0 Å². The molecule has 2 aromatic carbocycles. The second-order valence-electron chi connectivity index (χ2n) is 6.24. The molecular formula is C20H16BrFN2. The number of halogens is 2. The quantitative estimate of drug-likeness (QED) is 0.546. The van der Waals surface area contributed by atoms with Crippen LogP contribution in [0, 0.1) is 5.82 Å². The number of aliphatic imine (C=N–C) groups is 1. The molecule has 1 aromatic heterocycles. The normalized spacial score (nSPS) is 19.9. The highest BCUT2D eigenvalue weighted by Gasteiger charge is 2.27. The topological polar surface area (TPSA) is 25.2 Å².